The van der Waals surface area contributed by atoms with Crippen LogP contribution >= 0.6 is 0 Å². The summed E-state index contributed by atoms with van der Waals surface area (Å²) in [5, 5.41) is 3.56. The zero-order valence-electron chi connectivity index (χ0n) is 13.9. The van der Waals surface area contributed by atoms with Crippen LogP contribution in [0, 0.1) is 0 Å². The van der Waals surface area contributed by atoms with Crippen molar-refractivity contribution in [1.82, 2.24) is 10.3 Å². The molecule has 0 spiro atoms. The number of unbranched alkanes of at least 4 members (excludes halogenated alkanes) is 6. The van der Waals surface area contributed by atoms with Crippen LogP contribution in [0.2, 0.25) is 0 Å². The summed E-state index contributed by atoms with van der Waals surface area (Å²) in [5.41, 5.74) is 2.84. The monoisotopic (exact) mass is 288 g/mol. The predicted octanol–water partition coefficient (Wildman–Crippen LogP) is 4.84. The van der Waals surface area contributed by atoms with E-state index in [1.54, 1.807) is 0 Å². The van der Waals surface area contributed by atoms with Crippen LogP contribution in [0.25, 0.3) is 0 Å². The summed E-state index contributed by atoms with van der Waals surface area (Å²) < 4.78 is 0. The fraction of sp³-hybridized carbons (Fsp3) is 0.737. The van der Waals surface area contributed by atoms with Gasteiger partial charge >= 0.3 is 0 Å². The van der Waals surface area contributed by atoms with Crippen molar-refractivity contribution in [2.24, 2.45) is 0 Å². The largest absolute Gasteiger partial charge is 0.316 e. The number of nitrogens with zero attached hydrogens (tertiary/aromatic N) is 1. The average Bonchev–Trinajstić information content (AvgIpc) is 2.94. The minimum absolute atomic E-state index is 0.608. The van der Waals surface area contributed by atoms with Crippen LogP contribution in [-0.2, 0) is 6.42 Å². The molecule has 2 atom stereocenters. The molecular weight excluding hydrogens is 256 g/mol. The van der Waals surface area contributed by atoms with Gasteiger partial charge in [-0.2, -0.15) is 0 Å². The second-order valence-corrected chi connectivity index (χ2v) is 6.50. The number of hydrogen-bond donors (Lipinski definition) is 1. The standard InChI is InChI=1S/C19H32N2/c1-3-4-5-6-7-8-9-12-18(20-2)17-14-13-16-11-10-15-21-19(16)17/h10-11,15,17-18,20H,3-9,12-14H2,1-2H3. The normalized spacial score (nSPS) is 18.7. The average molecular weight is 288 g/mol. The van der Waals surface area contributed by atoms with Crippen LogP contribution in [0.1, 0.15) is 81.9 Å². The molecule has 1 N–H and O–H groups in total. The van der Waals surface area contributed by atoms with E-state index in [1.165, 1.54) is 75.5 Å². The first-order valence-electron chi connectivity index (χ1n) is 8.97. The maximum atomic E-state index is 4.65. The van der Waals surface area contributed by atoms with Crippen LogP contribution < -0.4 is 5.32 Å². The van der Waals surface area contributed by atoms with Gasteiger partial charge in [0.25, 0.3) is 0 Å². The third kappa shape index (κ3) is 4.81. The van der Waals surface area contributed by atoms with E-state index in [-0.39, 0.29) is 0 Å². The van der Waals surface area contributed by atoms with Crippen molar-refractivity contribution in [1.29, 1.82) is 0 Å². The Hall–Kier alpha value is -0.890. The number of aromatic nitrogens is 1. The van der Waals surface area contributed by atoms with E-state index in [9.17, 15) is 0 Å². The number of nitrogens with one attached hydrogen (secondary N) is 1. The molecule has 0 radical (unpaired) electrons. The van der Waals surface area contributed by atoms with Crippen molar-refractivity contribution in [3.8, 4) is 0 Å². The molecule has 1 aromatic rings. The van der Waals surface area contributed by atoms with Crippen molar-refractivity contribution in [2.45, 2.75) is 83.1 Å². The third-order valence-electron chi connectivity index (χ3n) is 4.98. The molecule has 0 bridgehead atoms. The van der Waals surface area contributed by atoms with Gasteiger partial charge in [0.1, 0.15) is 0 Å². The van der Waals surface area contributed by atoms with Crippen LogP contribution in [0.15, 0.2) is 18.3 Å². The lowest BCUT2D eigenvalue weighted by Gasteiger charge is -2.23. The van der Waals surface area contributed by atoms with Crippen molar-refractivity contribution in [2.75, 3.05) is 7.05 Å². The van der Waals surface area contributed by atoms with E-state index < -0.39 is 0 Å². The van der Waals surface area contributed by atoms with Gasteiger partial charge in [-0.25, -0.2) is 0 Å². The topological polar surface area (TPSA) is 24.9 Å². The highest BCUT2D eigenvalue weighted by molar-refractivity contribution is 5.29. The van der Waals surface area contributed by atoms with Gasteiger partial charge in [0.05, 0.1) is 0 Å². The minimum atomic E-state index is 0.608. The molecule has 0 aliphatic heterocycles. The number of aryl methyl sites for hydroxylation is 1. The SMILES string of the molecule is CCCCCCCCCC(NC)C1CCc2cccnc21. The molecule has 0 amide bonds. The summed E-state index contributed by atoms with van der Waals surface area (Å²) in [7, 11) is 2.12. The molecule has 2 heteroatoms. The maximum absolute atomic E-state index is 4.65. The first-order chi connectivity index (χ1) is 10.4. The smallest absolute Gasteiger partial charge is 0.0482 e. The van der Waals surface area contributed by atoms with Crippen LogP contribution in [0.4, 0.5) is 0 Å². The van der Waals surface area contributed by atoms with E-state index in [0.717, 1.165) is 0 Å². The number of likely N-dealkylation sites (N-methyl/N-ethyl adjacent to an activating group) is 1. The molecule has 118 valence electrons. The summed E-state index contributed by atoms with van der Waals surface area (Å²) >= 11 is 0. The van der Waals surface area contributed by atoms with Crippen molar-refractivity contribution >= 4 is 0 Å². The van der Waals surface area contributed by atoms with Gasteiger partial charge in [-0.3, -0.25) is 4.98 Å². The molecule has 1 heterocycles. The Bertz CT molecular complexity index is 402. The summed E-state index contributed by atoms with van der Waals surface area (Å²) in [5.74, 6) is 0.631. The van der Waals surface area contributed by atoms with E-state index >= 15 is 0 Å². The molecule has 1 aromatic heterocycles. The Kier molecular flexibility index (Phi) is 7.21. The molecule has 0 saturated heterocycles. The van der Waals surface area contributed by atoms with Gasteiger partial charge in [0.2, 0.25) is 0 Å². The molecule has 0 aromatic carbocycles. The highest BCUT2D eigenvalue weighted by Crippen LogP contribution is 2.35. The molecule has 2 unspecified atom stereocenters. The second kappa shape index (κ2) is 9.19. The van der Waals surface area contributed by atoms with Gasteiger partial charge in [-0.1, -0.05) is 57.9 Å². The van der Waals surface area contributed by atoms with Crippen molar-refractivity contribution in [3.63, 3.8) is 0 Å². The molecule has 1 aliphatic carbocycles. The third-order valence-corrected chi connectivity index (χ3v) is 4.98. The fourth-order valence-corrected chi connectivity index (χ4v) is 3.70. The zero-order chi connectivity index (χ0) is 14.9. The minimum Gasteiger partial charge on any atom is -0.316 e. The van der Waals surface area contributed by atoms with Gasteiger partial charge < -0.3 is 5.32 Å². The van der Waals surface area contributed by atoms with E-state index in [4.69, 9.17) is 0 Å². The molecule has 0 saturated carbocycles. The fourth-order valence-electron chi connectivity index (χ4n) is 3.70. The van der Waals surface area contributed by atoms with Crippen LogP contribution in [0.5, 0.6) is 0 Å². The summed E-state index contributed by atoms with van der Waals surface area (Å²) in [6.07, 6.45) is 15.5. The molecule has 1 aliphatic rings. The first kappa shape index (κ1) is 16.5. The molecule has 21 heavy (non-hydrogen) atoms. The van der Waals surface area contributed by atoms with Gasteiger partial charge in [0, 0.05) is 23.9 Å². The second-order valence-electron chi connectivity index (χ2n) is 6.50. The highest BCUT2D eigenvalue weighted by Gasteiger charge is 2.29. The van der Waals surface area contributed by atoms with E-state index in [2.05, 4.69) is 36.4 Å². The van der Waals surface area contributed by atoms with Crippen LogP contribution in [0.3, 0.4) is 0 Å². The quantitative estimate of drug-likeness (QED) is 0.623. The van der Waals surface area contributed by atoms with Crippen molar-refractivity contribution < 1.29 is 0 Å². The number of hydrogen-bond acceptors (Lipinski definition) is 2. The highest BCUT2D eigenvalue weighted by atomic mass is 14.9. The zero-order valence-corrected chi connectivity index (χ0v) is 13.9. The molecule has 0 fully saturated rings. The predicted molar refractivity (Wildman–Crippen MR) is 90.8 cm³/mol. The number of pyridine rings is 1. The van der Waals surface area contributed by atoms with Crippen molar-refractivity contribution in [3.05, 3.63) is 29.6 Å². The van der Waals surface area contributed by atoms with Crippen LogP contribution in [-0.4, -0.2) is 18.1 Å². The van der Waals surface area contributed by atoms with E-state index in [1.807, 2.05) is 6.20 Å². The summed E-state index contributed by atoms with van der Waals surface area (Å²) in [6, 6.07) is 4.94. The summed E-state index contributed by atoms with van der Waals surface area (Å²) in [6.45, 7) is 2.28. The molecule has 2 rings (SSSR count). The van der Waals surface area contributed by atoms with Gasteiger partial charge in [-0.05, 0) is 37.9 Å². The summed E-state index contributed by atoms with van der Waals surface area (Å²) in [4.78, 5) is 4.65. The van der Waals surface area contributed by atoms with Gasteiger partial charge in [0.15, 0.2) is 0 Å². The molecule has 2 nitrogen and oxygen atoms in total. The van der Waals surface area contributed by atoms with Gasteiger partial charge in [-0.15, -0.1) is 0 Å². The lowest BCUT2D eigenvalue weighted by atomic mass is 9.92. The first-order valence-corrected chi connectivity index (χ1v) is 8.97. The Morgan fingerprint density at radius 3 is 2.71 bits per heavy atom. The number of fused-ring (bicyclic) bond motifs is 1. The lowest BCUT2D eigenvalue weighted by molar-refractivity contribution is 0.408. The Morgan fingerprint density at radius 1 is 1.19 bits per heavy atom. The Labute approximate surface area is 130 Å². The van der Waals surface area contributed by atoms with E-state index in [0.29, 0.717) is 12.0 Å². The Morgan fingerprint density at radius 2 is 1.95 bits per heavy atom. The number of rotatable bonds is 10. The lowest BCUT2D eigenvalue weighted by Crippen LogP contribution is -2.31. The Balaban J connectivity index is 1.72. The maximum Gasteiger partial charge on any atom is 0.0482 e. The molecular formula is C19H32N2.